The minimum atomic E-state index is -0.250. The lowest BCUT2D eigenvalue weighted by atomic mass is 10.1. The Morgan fingerprint density at radius 1 is 1.17 bits per heavy atom. The first-order chi connectivity index (χ1) is 11.7. The first-order valence-corrected chi connectivity index (χ1v) is 7.20. The molecule has 124 valence electrons. The minimum Gasteiger partial charge on any atom is -0.483 e. The van der Waals surface area contributed by atoms with Crippen molar-refractivity contribution in [3.63, 3.8) is 0 Å². The van der Waals surface area contributed by atoms with Crippen LogP contribution in [0.25, 0.3) is 11.3 Å². The number of anilines is 1. The average Bonchev–Trinajstić information content (AvgIpc) is 3.05. The Kier molecular flexibility index (Phi) is 6.04. The molecule has 2 heterocycles. The molecule has 2 aromatic heterocycles. The Hall–Kier alpha value is -3.19. The Morgan fingerprint density at radius 2 is 1.83 bits per heavy atom. The Bertz CT molecular complexity index is 785. The monoisotopic (exact) mass is 326 g/mol. The van der Waals surface area contributed by atoms with Gasteiger partial charge < -0.3 is 21.1 Å². The lowest BCUT2D eigenvalue weighted by molar-refractivity contribution is -0.122. The molecule has 7 nitrogen and oxygen atoms in total. The zero-order valence-electron chi connectivity index (χ0n) is 12.9. The highest BCUT2D eigenvalue weighted by Crippen LogP contribution is 2.25. The molecule has 0 radical (unpaired) electrons. The summed E-state index contributed by atoms with van der Waals surface area (Å²) in [5, 5.41) is 11.0. The highest BCUT2D eigenvalue weighted by atomic mass is 16.5. The van der Waals surface area contributed by atoms with E-state index in [1.54, 1.807) is 6.20 Å². The molecular formula is C17H18N4O3. The van der Waals surface area contributed by atoms with Crippen molar-refractivity contribution in [3.05, 3.63) is 65.5 Å². The second-order valence-electron chi connectivity index (χ2n) is 4.92. The first kappa shape index (κ1) is 17.2. The SMILES string of the molecule is NCc1ccc(Cc2cc(-c3cccnc3N)on2)cc1.O=CO. The lowest BCUT2D eigenvalue weighted by Gasteiger charge is -2.00. The predicted octanol–water partition coefficient (Wildman–Crippen LogP) is 2.07. The molecule has 7 heteroatoms. The zero-order chi connectivity index (χ0) is 17.4. The van der Waals surface area contributed by atoms with Crippen molar-refractivity contribution in [1.82, 2.24) is 10.1 Å². The molecule has 0 aliphatic rings. The second-order valence-corrected chi connectivity index (χ2v) is 4.92. The van der Waals surface area contributed by atoms with Gasteiger partial charge in [0, 0.05) is 25.2 Å². The summed E-state index contributed by atoms with van der Waals surface area (Å²) in [7, 11) is 0. The Balaban J connectivity index is 0.000000647. The summed E-state index contributed by atoms with van der Waals surface area (Å²) in [6.07, 6.45) is 2.35. The number of carbonyl (C=O) groups is 1. The standard InChI is InChI=1S/C16H16N4O.CH2O2/c17-10-12-5-3-11(4-6-12)8-13-9-15(21-20-13)14-2-1-7-19-16(14)18;2-1-3/h1-7,9H,8,10,17H2,(H2,18,19);1H,(H,2,3). The number of hydrogen-bond donors (Lipinski definition) is 3. The molecule has 0 atom stereocenters. The van der Waals surface area contributed by atoms with Gasteiger partial charge in [0.05, 0.1) is 11.3 Å². The summed E-state index contributed by atoms with van der Waals surface area (Å²) >= 11 is 0. The van der Waals surface area contributed by atoms with E-state index in [1.807, 2.05) is 30.3 Å². The molecule has 3 aromatic rings. The van der Waals surface area contributed by atoms with Gasteiger partial charge in [-0.2, -0.15) is 0 Å². The fourth-order valence-electron chi connectivity index (χ4n) is 2.15. The van der Waals surface area contributed by atoms with Crippen LogP contribution in [0.3, 0.4) is 0 Å². The van der Waals surface area contributed by atoms with Gasteiger partial charge in [0.2, 0.25) is 0 Å². The predicted molar refractivity (Wildman–Crippen MR) is 90.0 cm³/mol. The highest BCUT2D eigenvalue weighted by Gasteiger charge is 2.10. The van der Waals surface area contributed by atoms with Gasteiger partial charge in [-0.05, 0) is 23.3 Å². The van der Waals surface area contributed by atoms with Crippen molar-refractivity contribution in [3.8, 4) is 11.3 Å². The van der Waals surface area contributed by atoms with Crippen LogP contribution in [-0.4, -0.2) is 21.7 Å². The molecule has 0 aliphatic carbocycles. The molecule has 5 N–H and O–H groups in total. The molecule has 3 rings (SSSR count). The summed E-state index contributed by atoms with van der Waals surface area (Å²) in [4.78, 5) is 12.4. The van der Waals surface area contributed by atoms with Crippen LogP contribution in [0.15, 0.2) is 53.2 Å². The smallest absolute Gasteiger partial charge is 0.290 e. The van der Waals surface area contributed by atoms with Crippen molar-refractivity contribution >= 4 is 12.3 Å². The van der Waals surface area contributed by atoms with Crippen molar-refractivity contribution < 1.29 is 14.4 Å². The molecule has 0 amide bonds. The average molecular weight is 326 g/mol. The van der Waals surface area contributed by atoms with Crippen LogP contribution in [0, 0.1) is 0 Å². The zero-order valence-corrected chi connectivity index (χ0v) is 12.9. The maximum Gasteiger partial charge on any atom is 0.290 e. The summed E-state index contributed by atoms with van der Waals surface area (Å²) < 4.78 is 5.36. The highest BCUT2D eigenvalue weighted by molar-refractivity contribution is 5.69. The molecule has 24 heavy (non-hydrogen) atoms. The van der Waals surface area contributed by atoms with Gasteiger partial charge >= 0.3 is 0 Å². The second kappa shape index (κ2) is 8.44. The van der Waals surface area contributed by atoms with Crippen LogP contribution < -0.4 is 11.5 Å². The maximum atomic E-state index is 8.36. The summed E-state index contributed by atoms with van der Waals surface area (Å²) in [5.74, 6) is 1.07. The van der Waals surface area contributed by atoms with Gasteiger partial charge in [0.1, 0.15) is 5.82 Å². The number of carboxylic acid groups (broad SMARTS) is 1. The third-order valence-electron chi connectivity index (χ3n) is 3.31. The van der Waals surface area contributed by atoms with E-state index in [4.69, 9.17) is 25.9 Å². The summed E-state index contributed by atoms with van der Waals surface area (Å²) in [6.45, 7) is 0.300. The van der Waals surface area contributed by atoms with E-state index >= 15 is 0 Å². The fourth-order valence-corrected chi connectivity index (χ4v) is 2.15. The van der Waals surface area contributed by atoms with E-state index < -0.39 is 0 Å². The van der Waals surface area contributed by atoms with Crippen molar-refractivity contribution in [2.24, 2.45) is 5.73 Å². The number of nitrogen functional groups attached to an aromatic ring is 1. The molecule has 0 unspecified atom stereocenters. The van der Waals surface area contributed by atoms with Crippen molar-refractivity contribution in [1.29, 1.82) is 0 Å². The van der Waals surface area contributed by atoms with Crippen LogP contribution >= 0.6 is 0 Å². The van der Waals surface area contributed by atoms with Crippen LogP contribution in [0.2, 0.25) is 0 Å². The largest absolute Gasteiger partial charge is 0.483 e. The molecule has 0 saturated carbocycles. The minimum absolute atomic E-state index is 0.250. The molecular weight excluding hydrogens is 308 g/mol. The van der Waals surface area contributed by atoms with Gasteiger partial charge in [0.15, 0.2) is 5.76 Å². The van der Waals surface area contributed by atoms with Crippen molar-refractivity contribution in [2.75, 3.05) is 5.73 Å². The Morgan fingerprint density at radius 3 is 2.46 bits per heavy atom. The summed E-state index contributed by atoms with van der Waals surface area (Å²) in [5.41, 5.74) is 15.3. The van der Waals surface area contributed by atoms with E-state index in [9.17, 15) is 0 Å². The number of benzene rings is 1. The van der Waals surface area contributed by atoms with Gasteiger partial charge in [-0.15, -0.1) is 0 Å². The topological polar surface area (TPSA) is 128 Å². The number of pyridine rings is 1. The molecule has 0 aliphatic heterocycles. The quantitative estimate of drug-likeness (QED) is 0.626. The Labute approximate surface area is 138 Å². The lowest BCUT2D eigenvalue weighted by Crippen LogP contribution is -1.96. The third-order valence-corrected chi connectivity index (χ3v) is 3.31. The molecule has 0 spiro atoms. The molecule has 1 aromatic carbocycles. The number of rotatable bonds is 4. The van der Waals surface area contributed by atoms with Gasteiger partial charge in [-0.25, -0.2) is 4.98 Å². The first-order valence-electron chi connectivity index (χ1n) is 7.20. The fraction of sp³-hybridized carbons (Fsp3) is 0.118. The molecule has 0 bridgehead atoms. The third kappa shape index (κ3) is 4.40. The van der Waals surface area contributed by atoms with Gasteiger partial charge in [0.25, 0.3) is 6.47 Å². The van der Waals surface area contributed by atoms with E-state index in [0.29, 0.717) is 24.5 Å². The number of nitrogens with two attached hydrogens (primary N) is 2. The van der Waals surface area contributed by atoms with Crippen LogP contribution in [0.5, 0.6) is 0 Å². The summed E-state index contributed by atoms with van der Waals surface area (Å²) in [6, 6.07) is 13.7. The van der Waals surface area contributed by atoms with E-state index in [0.717, 1.165) is 22.4 Å². The van der Waals surface area contributed by atoms with Crippen LogP contribution in [-0.2, 0) is 17.8 Å². The van der Waals surface area contributed by atoms with Crippen molar-refractivity contribution in [2.45, 2.75) is 13.0 Å². The van der Waals surface area contributed by atoms with Crippen LogP contribution in [0.4, 0.5) is 5.82 Å². The van der Waals surface area contributed by atoms with Crippen LogP contribution in [0.1, 0.15) is 16.8 Å². The molecule has 0 saturated heterocycles. The molecule has 0 fully saturated rings. The van der Waals surface area contributed by atoms with E-state index in [1.165, 1.54) is 0 Å². The van der Waals surface area contributed by atoms with E-state index in [2.05, 4.69) is 22.3 Å². The maximum absolute atomic E-state index is 8.36. The normalized spacial score (nSPS) is 9.88. The number of aromatic nitrogens is 2. The van der Waals surface area contributed by atoms with Gasteiger partial charge in [-0.1, -0.05) is 29.4 Å². The number of nitrogens with zero attached hydrogens (tertiary/aromatic N) is 2. The van der Waals surface area contributed by atoms with E-state index in [-0.39, 0.29) is 6.47 Å². The number of hydrogen-bond acceptors (Lipinski definition) is 6. The van der Waals surface area contributed by atoms with Gasteiger partial charge in [-0.3, -0.25) is 4.79 Å².